The molecule has 0 bridgehead atoms. The highest BCUT2D eigenvalue weighted by Crippen LogP contribution is 2.41. The minimum Gasteiger partial charge on any atom is -0.497 e. The first-order valence-electron chi connectivity index (χ1n) is 17.2. The van der Waals surface area contributed by atoms with E-state index in [0.717, 1.165) is 85.3 Å². The second-order valence-corrected chi connectivity index (χ2v) is 14.4. The molecule has 256 valence electrons. The van der Waals surface area contributed by atoms with Gasteiger partial charge in [0.1, 0.15) is 5.75 Å². The number of nitrogens with one attached hydrogen (secondary N) is 1. The highest BCUT2D eigenvalue weighted by atomic mass is 127. The van der Waals surface area contributed by atoms with Gasteiger partial charge in [-0.25, -0.2) is 4.99 Å². The number of fused-ring (bicyclic) bond motifs is 1. The lowest BCUT2D eigenvalue weighted by Crippen LogP contribution is -2.48. The molecule has 4 aromatic carbocycles. The number of para-hydroxylation sites is 1. The van der Waals surface area contributed by atoms with Crippen molar-refractivity contribution in [3.05, 3.63) is 114 Å². The van der Waals surface area contributed by atoms with Crippen molar-refractivity contribution in [2.45, 2.75) is 35.9 Å². The van der Waals surface area contributed by atoms with Crippen LogP contribution in [0.4, 0.5) is 11.4 Å². The molecule has 0 spiro atoms. The number of carbonyl (C=O) groups excluding carboxylic acids is 1. The van der Waals surface area contributed by atoms with Crippen LogP contribution in [0.3, 0.4) is 0 Å². The number of anilines is 1. The van der Waals surface area contributed by atoms with Crippen LogP contribution < -0.4 is 15.0 Å². The first-order chi connectivity index (χ1) is 23.9. The zero-order valence-corrected chi connectivity index (χ0v) is 30.9. The number of aliphatic imine (C=N–C) groups is 1. The normalized spacial score (nSPS) is 17.2. The molecule has 2 heterocycles. The highest BCUT2D eigenvalue weighted by Gasteiger charge is 2.34. The summed E-state index contributed by atoms with van der Waals surface area (Å²) < 4.78 is 5.81. The number of likely N-dealkylation sites (N-methyl/N-ethyl adjacent to an activating group) is 1. The van der Waals surface area contributed by atoms with Crippen LogP contribution in [0.5, 0.6) is 5.75 Å². The van der Waals surface area contributed by atoms with Crippen LogP contribution in [0, 0.1) is 0 Å². The Bertz CT molecular complexity index is 1690. The minimum absolute atomic E-state index is 0.00893. The standard InChI is InChI=1S/C40H47IN6O2/c1-44-24-26-46(27-25-44)38(41)14-9-23-45(2)40-43-36-13-8-7-12-35(36)37(28-39(48)42-29-30-15-21-34(49-3)22-16-30)47(40)33-19-17-32(18-20-33)31-10-5-4-6-11-31/h4-8,10-13,15-22,37-38H,9,14,23-29H2,1-3H3,(H,42,48). The molecule has 9 heteroatoms. The topological polar surface area (TPSA) is 63.7 Å². The first-order valence-corrected chi connectivity index (χ1v) is 18.4. The Balaban J connectivity index is 1.24. The van der Waals surface area contributed by atoms with E-state index >= 15 is 0 Å². The predicted molar refractivity (Wildman–Crippen MR) is 209 cm³/mol. The van der Waals surface area contributed by atoms with Crippen LogP contribution in [0.2, 0.25) is 0 Å². The molecule has 6 rings (SSSR count). The van der Waals surface area contributed by atoms with Gasteiger partial charge in [-0.15, -0.1) is 0 Å². The molecule has 0 saturated carbocycles. The molecule has 49 heavy (non-hydrogen) atoms. The number of hydrogen-bond acceptors (Lipinski definition) is 7. The van der Waals surface area contributed by atoms with E-state index in [0.29, 0.717) is 17.0 Å². The maximum Gasteiger partial charge on any atom is 0.222 e. The van der Waals surface area contributed by atoms with Crippen molar-refractivity contribution in [2.75, 3.05) is 58.8 Å². The predicted octanol–water partition coefficient (Wildman–Crippen LogP) is 7.34. The molecule has 1 amide bonds. The SMILES string of the molecule is COc1ccc(CNC(=O)CC2c3ccccc3N=C(N(C)CCCC(I)N3CCN(C)CC3)N2c2ccc(-c3ccccc3)cc2)cc1. The Labute approximate surface area is 304 Å². The first kappa shape index (κ1) is 34.9. The van der Waals surface area contributed by atoms with Gasteiger partial charge < -0.3 is 24.8 Å². The molecule has 4 aromatic rings. The lowest BCUT2D eigenvalue weighted by atomic mass is 9.96. The molecule has 2 aliphatic rings. The number of piperazine rings is 1. The van der Waals surface area contributed by atoms with Crippen LogP contribution in [0.1, 0.15) is 36.4 Å². The number of benzene rings is 4. The number of ether oxygens (including phenoxy) is 1. The second kappa shape index (κ2) is 16.7. The zero-order chi connectivity index (χ0) is 34.2. The van der Waals surface area contributed by atoms with E-state index in [1.807, 2.05) is 42.5 Å². The third-order valence-electron chi connectivity index (χ3n) is 9.53. The summed E-state index contributed by atoms with van der Waals surface area (Å²) >= 11 is 2.62. The molecule has 0 radical (unpaired) electrons. The number of rotatable bonds is 12. The van der Waals surface area contributed by atoms with Gasteiger partial charge in [0.05, 0.1) is 29.3 Å². The van der Waals surface area contributed by atoms with E-state index in [4.69, 9.17) is 9.73 Å². The van der Waals surface area contributed by atoms with Crippen molar-refractivity contribution in [1.82, 2.24) is 20.0 Å². The van der Waals surface area contributed by atoms with Crippen LogP contribution in [-0.2, 0) is 11.3 Å². The smallest absolute Gasteiger partial charge is 0.222 e. The van der Waals surface area contributed by atoms with Gasteiger partial charge in [-0.3, -0.25) is 9.69 Å². The van der Waals surface area contributed by atoms with Crippen LogP contribution in [-0.4, -0.2) is 84.5 Å². The Morgan fingerprint density at radius 1 is 0.918 bits per heavy atom. The number of alkyl halides is 1. The third-order valence-corrected chi connectivity index (χ3v) is 10.9. The van der Waals surface area contributed by atoms with Gasteiger partial charge in [-0.1, -0.05) is 95.4 Å². The molecular weight excluding hydrogens is 723 g/mol. The van der Waals surface area contributed by atoms with E-state index in [9.17, 15) is 4.79 Å². The molecule has 2 aliphatic heterocycles. The maximum atomic E-state index is 13.7. The molecule has 1 saturated heterocycles. The monoisotopic (exact) mass is 770 g/mol. The number of hydrogen-bond donors (Lipinski definition) is 1. The summed E-state index contributed by atoms with van der Waals surface area (Å²) in [6, 6.07) is 34.9. The molecule has 1 fully saturated rings. The van der Waals surface area contributed by atoms with Crippen LogP contribution in [0.15, 0.2) is 108 Å². The van der Waals surface area contributed by atoms with Crippen molar-refractivity contribution < 1.29 is 9.53 Å². The summed E-state index contributed by atoms with van der Waals surface area (Å²) in [5, 5.41) is 3.17. The van der Waals surface area contributed by atoms with Crippen LogP contribution >= 0.6 is 22.6 Å². The Morgan fingerprint density at radius 3 is 2.31 bits per heavy atom. The van der Waals surface area contributed by atoms with Crippen molar-refractivity contribution in [3.8, 4) is 16.9 Å². The quantitative estimate of drug-likeness (QED) is 0.0926. The summed E-state index contributed by atoms with van der Waals surface area (Å²) in [5.41, 5.74) is 6.33. The summed E-state index contributed by atoms with van der Waals surface area (Å²) in [6.07, 6.45) is 2.45. The lowest BCUT2D eigenvalue weighted by Gasteiger charge is -2.41. The summed E-state index contributed by atoms with van der Waals surface area (Å²) in [4.78, 5) is 28.5. The number of halogens is 1. The van der Waals surface area contributed by atoms with Gasteiger partial charge in [-0.2, -0.15) is 0 Å². The maximum absolute atomic E-state index is 13.7. The van der Waals surface area contributed by atoms with Crippen molar-refractivity contribution in [2.24, 2.45) is 4.99 Å². The number of amides is 1. The summed E-state index contributed by atoms with van der Waals surface area (Å²) in [5.74, 6) is 1.65. The van der Waals surface area contributed by atoms with Crippen molar-refractivity contribution in [1.29, 1.82) is 0 Å². The Kier molecular flexibility index (Phi) is 11.9. The number of nitrogens with zero attached hydrogens (tertiary/aromatic N) is 5. The molecule has 2 atom stereocenters. The average molecular weight is 771 g/mol. The summed E-state index contributed by atoms with van der Waals surface area (Å²) in [7, 11) is 6.00. The zero-order valence-electron chi connectivity index (χ0n) is 28.8. The van der Waals surface area contributed by atoms with Crippen LogP contribution in [0.25, 0.3) is 11.1 Å². The molecule has 1 N–H and O–H groups in total. The summed E-state index contributed by atoms with van der Waals surface area (Å²) in [6.45, 7) is 5.82. The molecular formula is C40H47IN6O2. The fraction of sp³-hybridized carbons (Fsp3) is 0.350. The molecule has 0 aliphatic carbocycles. The number of carbonyl (C=O) groups is 1. The fourth-order valence-electron chi connectivity index (χ4n) is 6.60. The van der Waals surface area contributed by atoms with Gasteiger partial charge in [0.25, 0.3) is 0 Å². The van der Waals surface area contributed by atoms with E-state index in [1.54, 1.807) is 7.11 Å². The average Bonchev–Trinajstić information content (AvgIpc) is 3.14. The highest BCUT2D eigenvalue weighted by molar-refractivity contribution is 14.1. The molecule has 0 aromatic heterocycles. The number of methoxy groups -OCH3 is 1. The molecule has 2 unspecified atom stereocenters. The van der Waals surface area contributed by atoms with E-state index in [1.165, 1.54) is 5.56 Å². The Hall–Kier alpha value is -3.93. The largest absolute Gasteiger partial charge is 0.497 e. The minimum atomic E-state index is -0.229. The van der Waals surface area contributed by atoms with E-state index < -0.39 is 0 Å². The van der Waals surface area contributed by atoms with Gasteiger partial charge >= 0.3 is 0 Å². The lowest BCUT2D eigenvalue weighted by molar-refractivity contribution is -0.121. The third kappa shape index (κ3) is 8.81. The van der Waals surface area contributed by atoms with Gasteiger partial charge in [0, 0.05) is 57.6 Å². The van der Waals surface area contributed by atoms with E-state index in [2.05, 4.69) is 122 Å². The second-order valence-electron chi connectivity index (χ2n) is 12.9. The van der Waals surface area contributed by atoms with Crippen molar-refractivity contribution in [3.63, 3.8) is 0 Å². The van der Waals surface area contributed by atoms with E-state index in [-0.39, 0.29) is 11.9 Å². The van der Waals surface area contributed by atoms with Gasteiger partial charge in [0.2, 0.25) is 11.9 Å². The van der Waals surface area contributed by atoms with Gasteiger partial charge in [-0.05, 0) is 66.9 Å². The molecule has 8 nitrogen and oxygen atoms in total. The number of guanidine groups is 1. The van der Waals surface area contributed by atoms with Gasteiger partial charge in [0.15, 0.2) is 0 Å². The fourth-order valence-corrected chi connectivity index (χ4v) is 7.59. The Morgan fingerprint density at radius 2 is 1.59 bits per heavy atom. The van der Waals surface area contributed by atoms with Crippen molar-refractivity contribution >= 4 is 45.8 Å².